The predicted molar refractivity (Wildman–Crippen MR) is 117 cm³/mol. The number of benzene rings is 2. The molecular weight excluding hydrogens is 445 g/mol. The predicted octanol–water partition coefficient (Wildman–Crippen LogP) is 5.84. The average Bonchev–Trinajstić information content (AvgIpc) is 3.12. The van der Waals surface area contributed by atoms with Crippen LogP contribution in [0.5, 0.6) is 0 Å². The van der Waals surface area contributed by atoms with Crippen LogP contribution in [0.3, 0.4) is 0 Å². The Morgan fingerprint density at radius 3 is 2.26 bits per heavy atom. The minimum absolute atomic E-state index is 0.0392. The molecule has 1 unspecified atom stereocenters. The molecule has 0 saturated carbocycles. The monoisotopic (exact) mass is 466 g/mol. The van der Waals surface area contributed by atoms with E-state index in [0.717, 1.165) is 5.56 Å². The summed E-state index contributed by atoms with van der Waals surface area (Å²) in [6, 6.07) is 9.99. The van der Waals surface area contributed by atoms with Gasteiger partial charge in [0.05, 0.1) is 28.8 Å². The van der Waals surface area contributed by atoms with Gasteiger partial charge in [0.1, 0.15) is 0 Å². The number of oxime groups is 1. The number of hydrogen-bond donors (Lipinski definition) is 0. The number of likely N-dealkylation sites (tertiary alicyclic amines) is 1. The SMILES string of the molecule is CC(C)C(=O)N1CC(F)(c2ccc(C3=NOC(C)(c4cc(Cl)c(F)c(Cl)c4)C3)cc2)C1. The third-order valence-corrected chi connectivity index (χ3v) is 6.43. The van der Waals surface area contributed by atoms with Crippen LogP contribution in [0.25, 0.3) is 0 Å². The van der Waals surface area contributed by atoms with E-state index in [1.165, 1.54) is 17.0 Å². The van der Waals surface area contributed by atoms with E-state index in [9.17, 15) is 9.18 Å². The van der Waals surface area contributed by atoms with Crippen LogP contribution >= 0.6 is 23.2 Å². The van der Waals surface area contributed by atoms with Gasteiger partial charge in [0.2, 0.25) is 5.91 Å². The molecule has 2 heterocycles. The van der Waals surface area contributed by atoms with Crippen molar-refractivity contribution in [1.82, 2.24) is 4.90 Å². The van der Waals surface area contributed by atoms with Crippen LogP contribution in [0.15, 0.2) is 41.6 Å². The van der Waals surface area contributed by atoms with Crippen LogP contribution in [0, 0.1) is 11.7 Å². The molecule has 1 atom stereocenters. The molecule has 8 heteroatoms. The van der Waals surface area contributed by atoms with Gasteiger partial charge in [0, 0.05) is 17.9 Å². The van der Waals surface area contributed by atoms with E-state index in [-0.39, 0.29) is 35.0 Å². The maximum Gasteiger partial charge on any atom is 0.225 e. The Morgan fingerprint density at radius 2 is 1.71 bits per heavy atom. The van der Waals surface area contributed by atoms with Crippen molar-refractivity contribution in [3.05, 3.63) is 69.0 Å². The lowest BCUT2D eigenvalue weighted by molar-refractivity contribution is -0.149. The van der Waals surface area contributed by atoms with Crippen molar-refractivity contribution in [1.29, 1.82) is 0 Å². The van der Waals surface area contributed by atoms with Crippen molar-refractivity contribution < 1.29 is 18.4 Å². The molecule has 0 bridgehead atoms. The average molecular weight is 467 g/mol. The summed E-state index contributed by atoms with van der Waals surface area (Å²) in [7, 11) is 0. The maximum absolute atomic E-state index is 15.2. The van der Waals surface area contributed by atoms with E-state index in [4.69, 9.17) is 28.0 Å². The van der Waals surface area contributed by atoms with Crippen molar-refractivity contribution in [2.45, 2.75) is 38.5 Å². The Morgan fingerprint density at radius 1 is 1.13 bits per heavy atom. The van der Waals surface area contributed by atoms with Gasteiger partial charge in [-0.2, -0.15) is 0 Å². The number of halogens is 4. The normalized spacial score (nSPS) is 22.2. The summed E-state index contributed by atoms with van der Waals surface area (Å²) >= 11 is 11.9. The molecule has 31 heavy (non-hydrogen) atoms. The highest BCUT2D eigenvalue weighted by Crippen LogP contribution is 2.40. The number of carbonyl (C=O) groups excluding carboxylic acids is 1. The van der Waals surface area contributed by atoms with Gasteiger partial charge >= 0.3 is 0 Å². The third kappa shape index (κ3) is 3.92. The fourth-order valence-corrected chi connectivity index (χ4v) is 4.42. The van der Waals surface area contributed by atoms with E-state index in [2.05, 4.69) is 5.16 Å². The fourth-order valence-electron chi connectivity index (χ4n) is 3.93. The van der Waals surface area contributed by atoms with Crippen LogP contribution in [0.4, 0.5) is 8.78 Å². The van der Waals surface area contributed by atoms with E-state index >= 15 is 4.39 Å². The van der Waals surface area contributed by atoms with Gasteiger partial charge in [-0.05, 0) is 30.2 Å². The quantitative estimate of drug-likeness (QED) is 0.531. The van der Waals surface area contributed by atoms with Crippen molar-refractivity contribution in [3.8, 4) is 0 Å². The van der Waals surface area contributed by atoms with Crippen LogP contribution in [0.1, 0.15) is 43.9 Å². The first-order valence-corrected chi connectivity index (χ1v) is 10.8. The molecule has 2 aromatic rings. The van der Waals surface area contributed by atoms with Crippen LogP contribution < -0.4 is 0 Å². The van der Waals surface area contributed by atoms with Gasteiger partial charge in [0.15, 0.2) is 17.1 Å². The van der Waals surface area contributed by atoms with Gasteiger partial charge in [0.25, 0.3) is 0 Å². The van der Waals surface area contributed by atoms with Gasteiger partial charge in [-0.3, -0.25) is 4.79 Å². The lowest BCUT2D eigenvalue weighted by atomic mass is 9.85. The second-order valence-corrected chi connectivity index (χ2v) is 9.50. The molecule has 164 valence electrons. The number of carbonyl (C=O) groups is 1. The van der Waals surface area contributed by atoms with Crippen molar-refractivity contribution in [2.24, 2.45) is 11.1 Å². The molecule has 1 saturated heterocycles. The van der Waals surface area contributed by atoms with E-state index in [1.54, 1.807) is 38.1 Å². The van der Waals surface area contributed by atoms with Crippen LogP contribution in [-0.4, -0.2) is 29.6 Å². The molecule has 0 spiro atoms. The van der Waals surface area contributed by atoms with Gasteiger partial charge < -0.3 is 9.74 Å². The topological polar surface area (TPSA) is 41.9 Å². The Hall–Kier alpha value is -2.18. The Bertz CT molecular complexity index is 1040. The molecule has 1 amide bonds. The van der Waals surface area contributed by atoms with E-state index < -0.39 is 17.1 Å². The zero-order valence-corrected chi connectivity index (χ0v) is 18.9. The molecule has 1 fully saturated rings. The highest BCUT2D eigenvalue weighted by molar-refractivity contribution is 6.35. The second kappa shape index (κ2) is 7.75. The summed E-state index contributed by atoms with van der Waals surface area (Å²) in [5.41, 5.74) is 0.248. The number of rotatable bonds is 4. The smallest absolute Gasteiger partial charge is 0.225 e. The summed E-state index contributed by atoms with van der Waals surface area (Å²) in [4.78, 5) is 19.2. The van der Waals surface area contributed by atoms with Crippen molar-refractivity contribution in [2.75, 3.05) is 13.1 Å². The number of hydrogen-bond acceptors (Lipinski definition) is 3. The van der Waals surface area contributed by atoms with Crippen LogP contribution in [-0.2, 0) is 20.9 Å². The molecule has 0 aliphatic carbocycles. The molecule has 4 rings (SSSR count). The van der Waals surface area contributed by atoms with Gasteiger partial charge in [-0.1, -0.05) is 66.5 Å². The molecule has 2 aliphatic heterocycles. The van der Waals surface area contributed by atoms with Crippen LogP contribution in [0.2, 0.25) is 10.0 Å². The second-order valence-electron chi connectivity index (χ2n) is 8.68. The standard InChI is InChI=1S/C23H22Cl2F2N2O2/c1-13(2)21(30)29-11-23(27,12-29)15-6-4-14(5-7-15)19-10-22(3,31-28-19)16-8-17(24)20(26)18(25)9-16/h4-9,13H,10-12H2,1-3H3. The molecule has 0 aromatic heterocycles. The third-order valence-electron chi connectivity index (χ3n) is 5.88. The lowest BCUT2D eigenvalue weighted by Gasteiger charge is -2.45. The van der Waals surface area contributed by atoms with E-state index in [1.807, 2.05) is 6.92 Å². The minimum Gasteiger partial charge on any atom is -0.384 e. The summed E-state index contributed by atoms with van der Waals surface area (Å²) in [6.45, 7) is 5.57. The molecule has 2 aliphatic rings. The highest BCUT2D eigenvalue weighted by atomic mass is 35.5. The minimum atomic E-state index is -1.53. The summed E-state index contributed by atoms with van der Waals surface area (Å²) in [5.74, 6) is -0.856. The molecule has 4 nitrogen and oxygen atoms in total. The summed E-state index contributed by atoms with van der Waals surface area (Å²) < 4.78 is 28.9. The van der Waals surface area contributed by atoms with Gasteiger partial charge in [-0.15, -0.1) is 0 Å². The molecule has 0 radical (unpaired) electrons. The zero-order chi connectivity index (χ0) is 22.6. The molecule has 0 N–H and O–H groups in total. The number of nitrogens with zero attached hydrogens (tertiary/aromatic N) is 2. The Labute approximate surface area is 189 Å². The molecule has 2 aromatic carbocycles. The highest BCUT2D eigenvalue weighted by Gasteiger charge is 2.47. The largest absolute Gasteiger partial charge is 0.384 e. The first kappa shape index (κ1) is 22.0. The number of amides is 1. The van der Waals surface area contributed by atoms with Gasteiger partial charge in [-0.25, -0.2) is 8.78 Å². The van der Waals surface area contributed by atoms with Crippen molar-refractivity contribution >= 4 is 34.8 Å². The summed E-state index contributed by atoms with van der Waals surface area (Å²) in [5, 5.41) is 4.03. The lowest BCUT2D eigenvalue weighted by Crippen LogP contribution is -2.59. The first-order chi connectivity index (χ1) is 14.5. The maximum atomic E-state index is 15.2. The zero-order valence-electron chi connectivity index (χ0n) is 17.4. The molecular formula is C23H22Cl2F2N2O2. The Balaban J connectivity index is 1.47. The van der Waals surface area contributed by atoms with Crippen molar-refractivity contribution in [3.63, 3.8) is 0 Å². The Kier molecular flexibility index (Phi) is 5.51. The number of alkyl halides is 1. The fraction of sp³-hybridized carbons (Fsp3) is 0.391. The summed E-state index contributed by atoms with van der Waals surface area (Å²) in [6.07, 6.45) is 0.419. The first-order valence-electron chi connectivity index (χ1n) is 10.0. The van der Waals surface area contributed by atoms with E-state index in [0.29, 0.717) is 23.3 Å².